The predicted octanol–water partition coefficient (Wildman–Crippen LogP) is 0.451. The standard InChI is InChI=1S/C12H17N7O/c13-5-7-1-3-8(4-2-7)12(20)16-10-9-11(15-6-14-10)18-19-17-9/h6-8H,1-5,13H2,(H2,14,15,16,17,18,19,20)/t7-,8-. The number of aromatic amines is 1. The van der Waals surface area contributed by atoms with Gasteiger partial charge in [-0.2, -0.15) is 0 Å². The number of fused-ring (bicyclic) bond motifs is 1. The van der Waals surface area contributed by atoms with Crippen LogP contribution in [0, 0.1) is 11.8 Å². The first-order valence-electron chi connectivity index (χ1n) is 6.80. The quantitative estimate of drug-likeness (QED) is 0.747. The van der Waals surface area contributed by atoms with Gasteiger partial charge < -0.3 is 11.1 Å². The highest BCUT2D eigenvalue weighted by molar-refractivity contribution is 5.97. The van der Waals surface area contributed by atoms with Gasteiger partial charge in [-0.25, -0.2) is 15.1 Å². The Morgan fingerprint density at radius 1 is 1.35 bits per heavy atom. The van der Waals surface area contributed by atoms with Crippen molar-refractivity contribution in [3.8, 4) is 0 Å². The Morgan fingerprint density at radius 2 is 2.15 bits per heavy atom. The number of carbonyl (C=O) groups excluding carboxylic acids is 1. The Bertz CT molecular complexity index is 603. The van der Waals surface area contributed by atoms with Gasteiger partial charge in [-0.3, -0.25) is 4.79 Å². The summed E-state index contributed by atoms with van der Waals surface area (Å²) >= 11 is 0. The van der Waals surface area contributed by atoms with E-state index in [1.54, 1.807) is 0 Å². The summed E-state index contributed by atoms with van der Waals surface area (Å²) in [5.74, 6) is 0.980. The number of H-pyrrole nitrogens is 1. The molecule has 2 aromatic heterocycles. The van der Waals surface area contributed by atoms with Gasteiger partial charge in [0.15, 0.2) is 17.0 Å². The van der Waals surface area contributed by atoms with Crippen molar-refractivity contribution in [1.29, 1.82) is 0 Å². The van der Waals surface area contributed by atoms with E-state index in [-0.39, 0.29) is 11.8 Å². The molecule has 20 heavy (non-hydrogen) atoms. The smallest absolute Gasteiger partial charge is 0.228 e. The molecule has 2 aromatic rings. The van der Waals surface area contributed by atoms with Crippen LogP contribution in [0.5, 0.6) is 0 Å². The van der Waals surface area contributed by atoms with Gasteiger partial charge in [0, 0.05) is 5.92 Å². The minimum atomic E-state index is -0.0107. The van der Waals surface area contributed by atoms with Crippen molar-refractivity contribution in [1.82, 2.24) is 25.4 Å². The summed E-state index contributed by atoms with van der Waals surface area (Å²) in [6.07, 6.45) is 5.15. The Hall–Kier alpha value is -2.09. The Balaban J connectivity index is 1.69. The molecule has 1 amide bonds. The molecule has 0 unspecified atom stereocenters. The van der Waals surface area contributed by atoms with Crippen molar-refractivity contribution >= 4 is 22.9 Å². The highest BCUT2D eigenvalue weighted by atomic mass is 16.1. The second-order valence-corrected chi connectivity index (χ2v) is 5.17. The molecule has 0 atom stereocenters. The first kappa shape index (κ1) is 12.9. The minimum absolute atomic E-state index is 0.0107. The van der Waals surface area contributed by atoms with Gasteiger partial charge in [-0.1, -0.05) is 5.21 Å². The molecule has 1 saturated carbocycles. The zero-order valence-electron chi connectivity index (χ0n) is 11.0. The van der Waals surface area contributed by atoms with Gasteiger partial charge in [0.2, 0.25) is 5.91 Å². The molecular formula is C12H17N7O. The molecule has 8 nitrogen and oxygen atoms in total. The Kier molecular flexibility index (Phi) is 3.55. The molecule has 0 saturated heterocycles. The monoisotopic (exact) mass is 275 g/mol. The van der Waals surface area contributed by atoms with Crippen LogP contribution in [0.1, 0.15) is 25.7 Å². The summed E-state index contributed by atoms with van der Waals surface area (Å²) in [6.45, 7) is 0.708. The maximum Gasteiger partial charge on any atom is 0.228 e. The summed E-state index contributed by atoms with van der Waals surface area (Å²) in [7, 11) is 0. The van der Waals surface area contributed by atoms with Crippen LogP contribution in [0.2, 0.25) is 0 Å². The van der Waals surface area contributed by atoms with Crippen LogP contribution in [0.3, 0.4) is 0 Å². The lowest BCUT2D eigenvalue weighted by atomic mass is 9.81. The molecule has 2 heterocycles. The average molecular weight is 275 g/mol. The molecule has 0 spiro atoms. The SMILES string of the molecule is NC[C@H]1CC[C@H](C(=O)Nc2ncnc3[nH]nnc23)CC1. The molecule has 0 radical (unpaired) electrons. The fraction of sp³-hybridized carbons (Fsp3) is 0.583. The molecule has 4 N–H and O–H groups in total. The van der Waals surface area contributed by atoms with E-state index < -0.39 is 0 Å². The second-order valence-electron chi connectivity index (χ2n) is 5.17. The van der Waals surface area contributed by atoms with Crippen LogP contribution in [-0.2, 0) is 4.79 Å². The predicted molar refractivity (Wildman–Crippen MR) is 72.6 cm³/mol. The first-order valence-corrected chi connectivity index (χ1v) is 6.80. The topological polar surface area (TPSA) is 122 Å². The molecule has 1 aliphatic rings. The van der Waals surface area contributed by atoms with Crippen LogP contribution in [-0.4, -0.2) is 37.8 Å². The first-order chi connectivity index (χ1) is 9.78. The lowest BCUT2D eigenvalue weighted by molar-refractivity contribution is -0.121. The molecule has 0 aliphatic heterocycles. The Morgan fingerprint density at radius 3 is 2.90 bits per heavy atom. The van der Waals surface area contributed by atoms with Crippen LogP contribution in [0.15, 0.2) is 6.33 Å². The molecule has 0 bridgehead atoms. The zero-order valence-corrected chi connectivity index (χ0v) is 11.0. The highest BCUT2D eigenvalue weighted by Crippen LogP contribution is 2.29. The van der Waals surface area contributed by atoms with E-state index in [9.17, 15) is 4.79 Å². The number of hydrogen-bond donors (Lipinski definition) is 3. The van der Waals surface area contributed by atoms with Crippen molar-refractivity contribution < 1.29 is 4.79 Å². The number of aromatic nitrogens is 5. The number of amides is 1. The van der Waals surface area contributed by atoms with Crippen molar-refractivity contribution in [3.05, 3.63) is 6.33 Å². The number of carbonyl (C=O) groups is 1. The van der Waals surface area contributed by atoms with Crippen LogP contribution >= 0.6 is 0 Å². The van der Waals surface area contributed by atoms with Gasteiger partial charge in [-0.05, 0) is 38.1 Å². The van der Waals surface area contributed by atoms with Gasteiger partial charge >= 0.3 is 0 Å². The summed E-state index contributed by atoms with van der Waals surface area (Å²) < 4.78 is 0. The molecule has 1 fully saturated rings. The third-order valence-corrected chi connectivity index (χ3v) is 3.92. The van der Waals surface area contributed by atoms with Crippen LogP contribution in [0.4, 0.5) is 5.82 Å². The second kappa shape index (κ2) is 5.49. The molecule has 3 rings (SSSR count). The van der Waals surface area contributed by atoms with Gasteiger partial charge in [-0.15, -0.1) is 5.10 Å². The number of hydrogen-bond acceptors (Lipinski definition) is 6. The van der Waals surface area contributed by atoms with Crippen molar-refractivity contribution in [2.75, 3.05) is 11.9 Å². The number of anilines is 1. The summed E-state index contributed by atoms with van der Waals surface area (Å²) in [5, 5.41) is 13.0. The molecule has 1 aliphatic carbocycles. The lowest BCUT2D eigenvalue weighted by Gasteiger charge is -2.26. The van der Waals surface area contributed by atoms with E-state index in [4.69, 9.17) is 5.73 Å². The number of nitrogens with zero attached hydrogens (tertiary/aromatic N) is 4. The third-order valence-electron chi connectivity index (χ3n) is 3.92. The normalized spacial score (nSPS) is 22.9. The van der Waals surface area contributed by atoms with Gasteiger partial charge in [0.05, 0.1) is 0 Å². The van der Waals surface area contributed by atoms with E-state index in [2.05, 4.69) is 30.7 Å². The van der Waals surface area contributed by atoms with E-state index in [0.717, 1.165) is 25.7 Å². The van der Waals surface area contributed by atoms with E-state index >= 15 is 0 Å². The molecule has 8 heteroatoms. The van der Waals surface area contributed by atoms with E-state index in [0.29, 0.717) is 29.4 Å². The average Bonchev–Trinajstić information content (AvgIpc) is 2.97. The minimum Gasteiger partial charge on any atom is -0.330 e. The fourth-order valence-corrected chi connectivity index (χ4v) is 2.65. The van der Waals surface area contributed by atoms with Crippen LogP contribution in [0.25, 0.3) is 11.2 Å². The third kappa shape index (κ3) is 2.46. The largest absolute Gasteiger partial charge is 0.330 e. The highest BCUT2D eigenvalue weighted by Gasteiger charge is 2.26. The van der Waals surface area contributed by atoms with E-state index in [1.807, 2.05) is 0 Å². The van der Waals surface area contributed by atoms with Crippen molar-refractivity contribution in [2.45, 2.75) is 25.7 Å². The maximum atomic E-state index is 12.3. The maximum absolute atomic E-state index is 12.3. The van der Waals surface area contributed by atoms with Gasteiger partial charge in [0.1, 0.15) is 6.33 Å². The van der Waals surface area contributed by atoms with E-state index in [1.165, 1.54) is 6.33 Å². The summed E-state index contributed by atoms with van der Waals surface area (Å²) in [4.78, 5) is 20.3. The van der Waals surface area contributed by atoms with Gasteiger partial charge in [0.25, 0.3) is 0 Å². The lowest BCUT2D eigenvalue weighted by Crippen LogP contribution is -2.29. The summed E-state index contributed by atoms with van der Waals surface area (Å²) in [6, 6.07) is 0. The molecule has 0 aromatic carbocycles. The summed E-state index contributed by atoms with van der Waals surface area (Å²) in [5.41, 5.74) is 6.66. The number of nitrogens with two attached hydrogens (primary N) is 1. The number of nitrogens with one attached hydrogen (secondary N) is 2. The Labute approximate surface area is 115 Å². The number of rotatable bonds is 3. The molecular weight excluding hydrogens is 258 g/mol. The van der Waals surface area contributed by atoms with Crippen molar-refractivity contribution in [3.63, 3.8) is 0 Å². The fourth-order valence-electron chi connectivity index (χ4n) is 2.65. The van der Waals surface area contributed by atoms with Crippen molar-refractivity contribution in [2.24, 2.45) is 17.6 Å². The molecule has 106 valence electrons. The van der Waals surface area contributed by atoms with Crippen LogP contribution < -0.4 is 11.1 Å². The zero-order chi connectivity index (χ0) is 13.9.